The van der Waals surface area contributed by atoms with Gasteiger partial charge in [-0.05, 0) is 55.7 Å². The first-order valence-electron chi connectivity index (χ1n) is 8.34. The van der Waals surface area contributed by atoms with E-state index in [4.69, 9.17) is 5.11 Å². The van der Waals surface area contributed by atoms with E-state index < -0.39 is 5.97 Å². The average molecular weight is 319 g/mol. The molecule has 1 amide bonds. The fraction of sp³-hybridized carbons (Fsp3) is 0.556. The van der Waals surface area contributed by atoms with E-state index in [1.807, 2.05) is 11.0 Å². The van der Waals surface area contributed by atoms with Gasteiger partial charge in [-0.2, -0.15) is 0 Å². The quantitative estimate of drug-likeness (QED) is 0.907. The number of carbonyl (C=O) groups excluding carboxylic acids is 1. The molecule has 124 valence electrons. The third kappa shape index (κ3) is 3.71. The van der Waals surface area contributed by atoms with Crippen molar-refractivity contribution in [3.8, 4) is 0 Å². The Labute approximate surface area is 135 Å². The Kier molecular flexibility index (Phi) is 4.64. The molecular formula is C18H22FNO3. The van der Waals surface area contributed by atoms with Gasteiger partial charge in [-0.3, -0.25) is 9.59 Å². The van der Waals surface area contributed by atoms with E-state index in [9.17, 15) is 14.0 Å². The summed E-state index contributed by atoms with van der Waals surface area (Å²) in [4.78, 5) is 25.4. The third-order valence-corrected chi connectivity index (χ3v) is 4.99. The summed E-state index contributed by atoms with van der Waals surface area (Å²) in [5.41, 5.74) is 0.891. The highest BCUT2D eigenvalue weighted by Crippen LogP contribution is 2.49. The van der Waals surface area contributed by atoms with Crippen molar-refractivity contribution in [2.24, 2.45) is 5.92 Å². The number of carboxylic acid groups (broad SMARTS) is 1. The van der Waals surface area contributed by atoms with Gasteiger partial charge < -0.3 is 10.0 Å². The topological polar surface area (TPSA) is 57.6 Å². The molecule has 2 fully saturated rings. The predicted molar refractivity (Wildman–Crippen MR) is 83.5 cm³/mol. The molecule has 1 N–H and O–H groups in total. The van der Waals surface area contributed by atoms with Gasteiger partial charge in [-0.1, -0.05) is 12.1 Å². The van der Waals surface area contributed by atoms with Crippen LogP contribution in [0.1, 0.15) is 50.0 Å². The van der Waals surface area contributed by atoms with Crippen molar-refractivity contribution in [1.29, 1.82) is 0 Å². The van der Waals surface area contributed by atoms with Crippen LogP contribution in [0.3, 0.4) is 0 Å². The van der Waals surface area contributed by atoms with Crippen LogP contribution in [0.15, 0.2) is 24.3 Å². The van der Waals surface area contributed by atoms with E-state index in [-0.39, 0.29) is 36.0 Å². The molecule has 1 aliphatic carbocycles. The molecule has 1 heterocycles. The third-order valence-electron chi connectivity index (χ3n) is 4.99. The first-order chi connectivity index (χ1) is 11.1. The van der Waals surface area contributed by atoms with Gasteiger partial charge in [0.25, 0.3) is 0 Å². The Balaban J connectivity index is 1.63. The standard InChI is InChI=1S/C18H22FNO3/c19-13-5-3-4-12(10-13)15-11-16(15)18(23)20-9-2-1-6-14(20)7-8-17(21)22/h3-5,10,14-16H,1-2,6-9,11H2,(H,21,22)/t14-,15-,16-/m0/s1. The molecule has 2 aliphatic rings. The summed E-state index contributed by atoms with van der Waals surface area (Å²) in [5.74, 6) is -0.915. The van der Waals surface area contributed by atoms with Crippen molar-refractivity contribution in [3.63, 3.8) is 0 Å². The molecule has 0 spiro atoms. The minimum absolute atomic E-state index is 0.0427. The highest BCUT2D eigenvalue weighted by molar-refractivity contribution is 5.83. The summed E-state index contributed by atoms with van der Waals surface area (Å²) in [5, 5.41) is 8.87. The number of amides is 1. The molecule has 1 saturated carbocycles. The number of carbonyl (C=O) groups is 2. The lowest BCUT2D eigenvalue weighted by molar-refractivity contribution is -0.140. The van der Waals surface area contributed by atoms with Crippen LogP contribution in [0.25, 0.3) is 0 Å². The number of likely N-dealkylation sites (tertiary alicyclic amines) is 1. The van der Waals surface area contributed by atoms with E-state index in [0.717, 1.165) is 37.8 Å². The molecule has 0 aromatic heterocycles. The Hall–Kier alpha value is -1.91. The van der Waals surface area contributed by atoms with Gasteiger partial charge in [0.05, 0.1) is 0 Å². The Morgan fingerprint density at radius 2 is 2.13 bits per heavy atom. The lowest BCUT2D eigenvalue weighted by atomic mass is 9.97. The molecular weight excluding hydrogens is 297 g/mol. The summed E-state index contributed by atoms with van der Waals surface area (Å²) < 4.78 is 13.3. The summed E-state index contributed by atoms with van der Waals surface area (Å²) >= 11 is 0. The zero-order chi connectivity index (χ0) is 16.4. The maximum atomic E-state index is 13.3. The van der Waals surface area contributed by atoms with Gasteiger partial charge in [0.2, 0.25) is 5.91 Å². The van der Waals surface area contributed by atoms with Gasteiger partial charge in [0.1, 0.15) is 5.82 Å². The van der Waals surface area contributed by atoms with Crippen LogP contribution in [0.2, 0.25) is 0 Å². The van der Waals surface area contributed by atoms with Crippen molar-refractivity contribution in [1.82, 2.24) is 4.90 Å². The van der Waals surface area contributed by atoms with E-state index in [1.54, 1.807) is 6.07 Å². The zero-order valence-corrected chi connectivity index (χ0v) is 13.1. The second kappa shape index (κ2) is 6.69. The Bertz CT molecular complexity index is 604. The Morgan fingerprint density at radius 1 is 1.30 bits per heavy atom. The van der Waals surface area contributed by atoms with Crippen LogP contribution in [0, 0.1) is 11.7 Å². The lowest BCUT2D eigenvalue weighted by Crippen LogP contribution is -2.44. The van der Waals surface area contributed by atoms with E-state index >= 15 is 0 Å². The van der Waals surface area contributed by atoms with Gasteiger partial charge >= 0.3 is 5.97 Å². The molecule has 1 aromatic rings. The number of aliphatic carboxylic acids is 1. The summed E-state index contributed by atoms with van der Waals surface area (Å²) in [6.07, 6.45) is 4.31. The molecule has 3 rings (SSSR count). The average Bonchev–Trinajstić information content (AvgIpc) is 3.33. The van der Waals surface area contributed by atoms with Gasteiger partial charge in [0, 0.05) is 24.9 Å². The maximum absolute atomic E-state index is 13.3. The molecule has 0 bridgehead atoms. The van der Waals surface area contributed by atoms with Gasteiger partial charge in [-0.25, -0.2) is 4.39 Å². The highest BCUT2D eigenvalue weighted by atomic mass is 19.1. The number of halogens is 1. The summed E-state index contributed by atoms with van der Waals surface area (Å²) in [6, 6.07) is 6.52. The molecule has 0 unspecified atom stereocenters. The summed E-state index contributed by atoms with van der Waals surface area (Å²) in [7, 11) is 0. The SMILES string of the molecule is O=C(O)CC[C@@H]1CCCCN1C(=O)[C@H]1C[C@H]1c1cccc(F)c1. The number of hydrogen-bond donors (Lipinski definition) is 1. The predicted octanol–water partition coefficient (Wildman–Crippen LogP) is 3.18. The number of piperidine rings is 1. The van der Waals surface area contributed by atoms with Crippen LogP contribution < -0.4 is 0 Å². The van der Waals surface area contributed by atoms with Crippen molar-refractivity contribution in [2.75, 3.05) is 6.54 Å². The molecule has 5 heteroatoms. The minimum Gasteiger partial charge on any atom is -0.481 e. The van der Waals surface area contributed by atoms with Crippen molar-refractivity contribution in [2.45, 2.75) is 50.5 Å². The fourth-order valence-electron chi connectivity index (χ4n) is 3.67. The molecule has 1 aliphatic heterocycles. The smallest absolute Gasteiger partial charge is 0.303 e. The molecule has 1 aromatic carbocycles. The number of rotatable bonds is 5. The maximum Gasteiger partial charge on any atom is 0.303 e. The van der Waals surface area contributed by atoms with Crippen molar-refractivity contribution < 1.29 is 19.1 Å². The lowest BCUT2D eigenvalue weighted by Gasteiger charge is -2.36. The number of nitrogens with zero attached hydrogens (tertiary/aromatic N) is 1. The second-order valence-electron chi connectivity index (χ2n) is 6.62. The minimum atomic E-state index is -0.813. The van der Waals surface area contributed by atoms with Gasteiger partial charge in [0.15, 0.2) is 0 Å². The number of carboxylic acids is 1. The summed E-state index contributed by atoms with van der Waals surface area (Å²) in [6.45, 7) is 0.718. The largest absolute Gasteiger partial charge is 0.481 e. The first kappa shape index (κ1) is 16.0. The second-order valence-corrected chi connectivity index (χ2v) is 6.62. The van der Waals surface area contributed by atoms with Crippen molar-refractivity contribution >= 4 is 11.9 Å². The highest BCUT2D eigenvalue weighted by Gasteiger charge is 2.47. The van der Waals surface area contributed by atoms with Crippen LogP contribution in [-0.4, -0.2) is 34.5 Å². The molecule has 3 atom stereocenters. The molecule has 1 saturated heterocycles. The van der Waals surface area contributed by atoms with Crippen LogP contribution in [0.5, 0.6) is 0 Å². The van der Waals surface area contributed by atoms with Crippen molar-refractivity contribution in [3.05, 3.63) is 35.6 Å². The monoisotopic (exact) mass is 319 g/mol. The number of benzene rings is 1. The molecule has 4 nitrogen and oxygen atoms in total. The van der Waals surface area contributed by atoms with E-state index in [2.05, 4.69) is 0 Å². The van der Waals surface area contributed by atoms with E-state index in [0.29, 0.717) is 6.42 Å². The van der Waals surface area contributed by atoms with Crippen LogP contribution >= 0.6 is 0 Å². The zero-order valence-electron chi connectivity index (χ0n) is 13.1. The van der Waals surface area contributed by atoms with E-state index in [1.165, 1.54) is 12.1 Å². The number of hydrogen-bond acceptors (Lipinski definition) is 2. The van der Waals surface area contributed by atoms with Crippen LogP contribution in [-0.2, 0) is 9.59 Å². The first-order valence-corrected chi connectivity index (χ1v) is 8.34. The molecule has 23 heavy (non-hydrogen) atoms. The van der Waals surface area contributed by atoms with Crippen LogP contribution in [0.4, 0.5) is 4.39 Å². The fourth-order valence-corrected chi connectivity index (χ4v) is 3.67. The van der Waals surface area contributed by atoms with Gasteiger partial charge in [-0.15, -0.1) is 0 Å². The Morgan fingerprint density at radius 3 is 2.87 bits per heavy atom. The molecule has 0 radical (unpaired) electrons. The normalized spacial score (nSPS) is 26.8.